The number of aromatic nitrogens is 4. The Hall–Kier alpha value is -2.44. The standard InChI is InChI=1S/C13H15N5O2/c1-9-7-8-17(11(9)12(19)20)13-14-15-16-18(13)10-5-3-2-4-6-10/h2-6,9,11H,7-8H2,1H3,(H,19,20). The van der Waals surface area contributed by atoms with Crippen LogP contribution in [0.4, 0.5) is 5.95 Å². The quantitative estimate of drug-likeness (QED) is 0.896. The maximum absolute atomic E-state index is 11.4. The monoisotopic (exact) mass is 273 g/mol. The number of rotatable bonds is 3. The number of para-hydroxylation sites is 1. The Morgan fingerprint density at radius 2 is 2.10 bits per heavy atom. The van der Waals surface area contributed by atoms with Crippen LogP contribution in [0.5, 0.6) is 0 Å². The summed E-state index contributed by atoms with van der Waals surface area (Å²) in [5, 5.41) is 21.1. The summed E-state index contributed by atoms with van der Waals surface area (Å²) in [6.07, 6.45) is 0.818. The van der Waals surface area contributed by atoms with Gasteiger partial charge in [0.1, 0.15) is 6.04 Å². The van der Waals surface area contributed by atoms with E-state index in [1.165, 1.54) is 0 Å². The summed E-state index contributed by atoms with van der Waals surface area (Å²) >= 11 is 0. The molecule has 0 amide bonds. The number of anilines is 1. The van der Waals surface area contributed by atoms with Crippen molar-refractivity contribution in [3.63, 3.8) is 0 Å². The molecule has 1 aromatic heterocycles. The van der Waals surface area contributed by atoms with E-state index >= 15 is 0 Å². The molecule has 2 unspecified atom stereocenters. The highest BCUT2D eigenvalue weighted by atomic mass is 16.4. The van der Waals surface area contributed by atoms with Crippen molar-refractivity contribution in [2.45, 2.75) is 19.4 Å². The van der Waals surface area contributed by atoms with Gasteiger partial charge in [-0.25, -0.2) is 4.79 Å². The molecular weight excluding hydrogens is 258 g/mol. The molecule has 0 spiro atoms. The van der Waals surface area contributed by atoms with Gasteiger partial charge in [-0.1, -0.05) is 30.2 Å². The van der Waals surface area contributed by atoms with Crippen molar-refractivity contribution < 1.29 is 9.90 Å². The Morgan fingerprint density at radius 3 is 2.80 bits per heavy atom. The second-order valence-electron chi connectivity index (χ2n) is 4.97. The van der Waals surface area contributed by atoms with Crippen LogP contribution in [0, 0.1) is 5.92 Å². The molecular formula is C13H15N5O2. The van der Waals surface area contributed by atoms with E-state index in [-0.39, 0.29) is 5.92 Å². The average Bonchev–Trinajstić information content (AvgIpc) is 3.05. The molecule has 1 saturated heterocycles. The molecule has 7 nitrogen and oxygen atoms in total. The topological polar surface area (TPSA) is 84.1 Å². The van der Waals surface area contributed by atoms with Crippen molar-refractivity contribution >= 4 is 11.9 Å². The van der Waals surface area contributed by atoms with Gasteiger partial charge in [-0.3, -0.25) is 0 Å². The van der Waals surface area contributed by atoms with Crippen LogP contribution in [0.25, 0.3) is 5.69 Å². The van der Waals surface area contributed by atoms with Crippen molar-refractivity contribution in [2.75, 3.05) is 11.4 Å². The van der Waals surface area contributed by atoms with Gasteiger partial charge in [0.05, 0.1) is 5.69 Å². The van der Waals surface area contributed by atoms with E-state index in [1.807, 2.05) is 37.3 Å². The van der Waals surface area contributed by atoms with Gasteiger partial charge in [0.2, 0.25) is 0 Å². The smallest absolute Gasteiger partial charge is 0.326 e. The summed E-state index contributed by atoms with van der Waals surface area (Å²) in [6.45, 7) is 2.58. The third kappa shape index (κ3) is 2.01. The maximum Gasteiger partial charge on any atom is 0.326 e. The van der Waals surface area contributed by atoms with E-state index in [0.717, 1.165) is 12.1 Å². The van der Waals surface area contributed by atoms with Crippen molar-refractivity contribution in [1.29, 1.82) is 0 Å². The maximum atomic E-state index is 11.4. The summed E-state index contributed by atoms with van der Waals surface area (Å²) in [4.78, 5) is 13.2. The Kier molecular flexibility index (Phi) is 3.09. The van der Waals surface area contributed by atoms with Crippen LogP contribution in [0.3, 0.4) is 0 Å². The Balaban J connectivity index is 2.00. The molecule has 1 aliphatic heterocycles. The fraction of sp³-hybridized carbons (Fsp3) is 0.385. The largest absolute Gasteiger partial charge is 0.480 e. The summed E-state index contributed by atoms with van der Waals surface area (Å²) in [5.41, 5.74) is 0.816. The van der Waals surface area contributed by atoms with E-state index in [2.05, 4.69) is 15.5 Å². The highest BCUT2D eigenvalue weighted by molar-refractivity contribution is 5.78. The molecule has 7 heteroatoms. The molecule has 1 fully saturated rings. The van der Waals surface area contributed by atoms with Crippen molar-refractivity contribution in [1.82, 2.24) is 20.2 Å². The fourth-order valence-corrected chi connectivity index (χ4v) is 2.65. The molecule has 1 N–H and O–H groups in total. The van der Waals surface area contributed by atoms with Gasteiger partial charge in [-0.15, -0.1) is 0 Å². The van der Waals surface area contributed by atoms with E-state index in [1.54, 1.807) is 9.58 Å². The summed E-state index contributed by atoms with van der Waals surface area (Å²) in [6, 6.07) is 8.88. The Morgan fingerprint density at radius 1 is 1.35 bits per heavy atom. The predicted octanol–water partition coefficient (Wildman–Crippen LogP) is 0.962. The lowest BCUT2D eigenvalue weighted by atomic mass is 10.0. The number of carboxylic acid groups (broad SMARTS) is 1. The van der Waals surface area contributed by atoms with Gasteiger partial charge in [-0.05, 0) is 34.9 Å². The molecule has 2 aromatic rings. The van der Waals surface area contributed by atoms with Crippen LogP contribution in [0.1, 0.15) is 13.3 Å². The van der Waals surface area contributed by atoms with Crippen LogP contribution >= 0.6 is 0 Å². The van der Waals surface area contributed by atoms with E-state index in [4.69, 9.17) is 0 Å². The van der Waals surface area contributed by atoms with Gasteiger partial charge < -0.3 is 10.0 Å². The SMILES string of the molecule is CC1CCN(c2nnnn2-c2ccccc2)C1C(=O)O. The van der Waals surface area contributed by atoms with Gasteiger partial charge in [-0.2, -0.15) is 4.68 Å². The number of carboxylic acids is 1. The second-order valence-corrected chi connectivity index (χ2v) is 4.97. The Bertz CT molecular complexity index is 612. The number of hydrogen-bond acceptors (Lipinski definition) is 5. The lowest BCUT2D eigenvalue weighted by Gasteiger charge is -2.23. The zero-order valence-corrected chi connectivity index (χ0v) is 11.0. The fourth-order valence-electron chi connectivity index (χ4n) is 2.65. The third-order valence-electron chi connectivity index (χ3n) is 3.66. The van der Waals surface area contributed by atoms with Gasteiger partial charge in [0.25, 0.3) is 5.95 Å². The predicted molar refractivity (Wildman–Crippen MR) is 71.7 cm³/mol. The summed E-state index contributed by atoms with van der Waals surface area (Å²) in [5.74, 6) is -0.279. The molecule has 3 rings (SSSR count). The first-order valence-electron chi connectivity index (χ1n) is 6.51. The third-order valence-corrected chi connectivity index (χ3v) is 3.66. The van der Waals surface area contributed by atoms with Gasteiger partial charge in [0.15, 0.2) is 0 Å². The number of hydrogen-bond donors (Lipinski definition) is 1. The zero-order valence-electron chi connectivity index (χ0n) is 11.0. The minimum absolute atomic E-state index is 0.0772. The van der Waals surface area contributed by atoms with Crippen LogP contribution < -0.4 is 4.90 Å². The van der Waals surface area contributed by atoms with Crippen molar-refractivity contribution in [2.24, 2.45) is 5.92 Å². The number of aliphatic carboxylic acids is 1. The molecule has 0 bridgehead atoms. The zero-order chi connectivity index (χ0) is 14.1. The molecule has 0 saturated carbocycles. The first kappa shape index (κ1) is 12.6. The van der Waals surface area contributed by atoms with Crippen LogP contribution in [0.2, 0.25) is 0 Å². The Labute approximate surface area is 115 Å². The van der Waals surface area contributed by atoms with E-state index < -0.39 is 12.0 Å². The first-order chi connectivity index (χ1) is 9.68. The van der Waals surface area contributed by atoms with E-state index in [9.17, 15) is 9.90 Å². The molecule has 1 aliphatic rings. The minimum Gasteiger partial charge on any atom is -0.480 e. The van der Waals surface area contributed by atoms with Gasteiger partial charge >= 0.3 is 5.97 Å². The average molecular weight is 273 g/mol. The summed E-state index contributed by atoms with van der Waals surface area (Å²) in [7, 11) is 0. The number of nitrogens with zero attached hydrogens (tertiary/aromatic N) is 5. The van der Waals surface area contributed by atoms with Gasteiger partial charge in [0, 0.05) is 6.54 Å². The van der Waals surface area contributed by atoms with Crippen molar-refractivity contribution in [3.05, 3.63) is 30.3 Å². The number of tetrazole rings is 1. The molecule has 2 atom stereocenters. The van der Waals surface area contributed by atoms with Crippen LogP contribution in [-0.2, 0) is 4.79 Å². The minimum atomic E-state index is -0.836. The normalized spacial score (nSPS) is 22.1. The second kappa shape index (κ2) is 4.92. The number of carbonyl (C=O) groups is 1. The lowest BCUT2D eigenvalue weighted by molar-refractivity contribution is -0.139. The van der Waals surface area contributed by atoms with Crippen LogP contribution in [0.15, 0.2) is 30.3 Å². The molecule has 104 valence electrons. The van der Waals surface area contributed by atoms with Crippen LogP contribution in [-0.4, -0.2) is 43.9 Å². The van der Waals surface area contributed by atoms with Crippen molar-refractivity contribution in [3.8, 4) is 5.69 Å². The highest BCUT2D eigenvalue weighted by Gasteiger charge is 2.39. The molecule has 0 aliphatic carbocycles. The highest BCUT2D eigenvalue weighted by Crippen LogP contribution is 2.29. The van der Waals surface area contributed by atoms with E-state index in [0.29, 0.717) is 12.5 Å². The molecule has 0 radical (unpaired) electrons. The molecule has 20 heavy (non-hydrogen) atoms. The molecule has 1 aromatic carbocycles. The first-order valence-corrected chi connectivity index (χ1v) is 6.51. The lowest BCUT2D eigenvalue weighted by Crippen LogP contribution is -2.40. The summed E-state index contributed by atoms with van der Waals surface area (Å²) < 4.78 is 1.58. The number of benzene rings is 1. The molecule has 2 heterocycles.